The Bertz CT molecular complexity index is 1250. The van der Waals surface area contributed by atoms with Crippen molar-refractivity contribution in [2.24, 2.45) is 0 Å². The molecule has 2 aromatic heterocycles. The van der Waals surface area contributed by atoms with Crippen molar-refractivity contribution >= 4 is 29.4 Å². The maximum absolute atomic E-state index is 12.8. The van der Waals surface area contributed by atoms with Crippen LogP contribution >= 0.6 is 0 Å². The van der Waals surface area contributed by atoms with Crippen LogP contribution in [0.15, 0.2) is 41.2 Å². The minimum absolute atomic E-state index is 0.171. The summed E-state index contributed by atoms with van der Waals surface area (Å²) in [5.41, 5.74) is 10.8. The number of fused-ring (bicyclic) bond motifs is 3. The van der Waals surface area contributed by atoms with E-state index in [9.17, 15) is 14.4 Å². The fraction of sp³-hybridized carbons (Fsp3) is 0.304. The molecule has 0 spiro atoms. The van der Waals surface area contributed by atoms with E-state index in [4.69, 9.17) is 14.9 Å². The molecule has 0 bridgehead atoms. The maximum Gasteiger partial charge on any atom is 0.414 e. The molecule has 10 nitrogen and oxygen atoms in total. The SMILES string of the molecule is CC(=O)NC[C@H]1CN(c2ccc3c(c2)CCCc2c-3nn(C(=O)c3ccoc3)c2N)C(=O)O1. The maximum atomic E-state index is 12.8. The van der Waals surface area contributed by atoms with Crippen LogP contribution in [0.4, 0.5) is 16.3 Å². The summed E-state index contributed by atoms with van der Waals surface area (Å²) >= 11 is 0. The predicted molar refractivity (Wildman–Crippen MR) is 119 cm³/mol. The zero-order valence-corrected chi connectivity index (χ0v) is 18.0. The van der Waals surface area contributed by atoms with Gasteiger partial charge >= 0.3 is 6.09 Å². The molecule has 3 heterocycles. The number of nitrogen functional groups attached to an aromatic ring is 1. The van der Waals surface area contributed by atoms with Crippen LogP contribution in [0, 0.1) is 0 Å². The fourth-order valence-corrected chi connectivity index (χ4v) is 4.33. The Labute approximate surface area is 189 Å². The predicted octanol–water partition coefficient (Wildman–Crippen LogP) is 2.36. The zero-order chi connectivity index (χ0) is 23.1. The number of carbonyl (C=O) groups excluding carboxylic acids is 3. The van der Waals surface area contributed by atoms with Gasteiger partial charge in [0, 0.05) is 23.7 Å². The number of carbonyl (C=O) groups is 3. The summed E-state index contributed by atoms with van der Waals surface area (Å²) in [6, 6.07) is 7.27. The number of furan rings is 1. The van der Waals surface area contributed by atoms with Gasteiger partial charge in [-0.3, -0.25) is 14.5 Å². The third kappa shape index (κ3) is 3.73. The van der Waals surface area contributed by atoms with Gasteiger partial charge in [0.25, 0.3) is 5.91 Å². The highest BCUT2D eigenvalue weighted by Gasteiger charge is 2.33. The normalized spacial score (nSPS) is 17.2. The molecule has 2 aliphatic rings. The number of amides is 2. The van der Waals surface area contributed by atoms with Gasteiger partial charge in [-0.15, -0.1) is 0 Å². The van der Waals surface area contributed by atoms with Crippen LogP contribution in [0.2, 0.25) is 0 Å². The first-order valence-electron chi connectivity index (χ1n) is 10.7. The Morgan fingerprint density at radius 1 is 1.27 bits per heavy atom. The summed E-state index contributed by atoms with van der Waals surface area (Å²) in [6.45, 7) is 2.04. The molecule has 0 saturated carbocycles. The summed E-state index contributed by atoms with van der Waals surface area (Å²) in [5, 5.41) is 7.23. The standard InChI is InChI=1S/C23H23N5O5/c1-13(29)25-10-17-11-27(23(31)33-17)16-5-6-18-14(9-16)3-2-4-19-20(18)26-28(21(19)24)22(30)15-7-8-32-12-15/h5-9,12,17H,2-4,10-11,24H2,1H3,(H,25,29)/t17-/m0/s1. The molecule has 10 heteroatoms. The molecular formula is C23H23N5O5. The summed E-state index contributed by atoms with van der Waals surface area (Å²) in [7, 11) is 0. The van der Waals surface area contributed by atoms with Gasteiger partial charge in [-0.05, 0) is 43.0 Å². The van der Waals surface area contributed by atoms with Gasteiger partial charge in [0.05, 0.1) is 30.6 Å². The molecule has 170 valence electrons. The second-order valence-corrected chi connectivity index (χ2v) is 8.19. The molecule has 1 fully saturated rings. The van der Waals surface area contributed by atoms with Crippen LogP contribution in [0.25, 0.3) is 11.3 Å². The van der Waals surface area contributed by atoms with E-state index in [1.165, 1.54) is 24.1 Å². The monoisotopic (exact) mass is 449 g/mol. The molecule has 1 atom stereocenters. The van der Waals surface area contributed by atoms with Crippen molar-refractivity contribution in [3.63, 3.8) is 0 Å². The van der Waals surface area contributed by atoms with Gasteiger partial charge in [-0.2, -0.15) is 9.78 Å². The Kier molecular flexibility index (Phi) is 5.12. The summed E-state index contributed by atoms with van der Waals surface area (Å²) in [4.78, 5) is 37.9. The lowest BCUT2D eigenvalue weighted by Crippen LogP contribution is -2.33. The van der Waals surface area contributed by atoms with E-state index in [-0.39, 0.29) is 18.4 Å². The molecule has 2 amide bonds. The lowest BCUT2D eigenvalue weighted by molar-refractivity contribution is -0.119. The molecule has 1 aliphatic heterocycles. The average molecular weight is 449 g/mol. The number of cyclic esters (lactones) is 1. The van der Waals surface area contributed by atoms with E-state index in [2.05, 4.69) is 10.4 Å². The van der Waals surface area contributed by atoms with E-state index >= 15 is 0 Å². The van der Waals surface area contributed by atoms with Crippen molar-refractivity contribution in [3.05, 3.63) is 53.5 Å². The highest BCUT2D eigenvalue weighted by atomic mass is 16.6. The number of ether oxygens (including phenoxy) is 1. The molecule has 3 aromatic rings. The van der Waals surface area contributed by atoms with Gasteiger partial charge in [0.2, 0.25) is 5.91 Å². The Morgan fingerprint density at radius 3 is 2.88 bits per heavy atom. The van der Waals surface area contributed by atoms with Crippen LogP contribution in [-0.2, 0) is 22.4 Å². The first kappa shape index (κ1) is 20.8. The number of anilines is 2. The second kappa shape index (κ2) is 8.12. The van der Waals surface area contributed by atoms with Gasteiger partial charge in [0.1, 0.15) is 18.2 Å². The van der Waals surface area contributed by atoms with Crippen molar-refractivity contribution in [1.82, 2.24) is 15.1 Å². The minimum atomic E-state index is -0.446. The molecule has 0 unspecified atom stereocenters. The molecule has 1 aliphatic carbocycles. The van der Waals surface area contributed by atoms with Crippen molar-refractivity contribution in [2.45, 2.75) is 32.3 Å². The second-order valence-electron chi connectivity index (χ2n) is 8.19. The fourth-order valence-electron chi connectivity index (χ4n) is 4.33. The number of aryl methyl sites for hydroxylation is 1. The van der Waals surface area contributed by atoms with Gasteiger partial charge in [-0.1, -0.05) is 6.07 Å². The molecule has 0 radical (unpaired) electrons. The number of rotatable bonds is 4. The first-order chi connectivity index (χ1) is 15.9. The van der Waals surface area contributed by atoms with E-state index in [0.717, 1.165) is 35.2 Å². The smallest absolute Gasteiger partial charge is 0.414 e. The van der Waals surface area contributed by atoms with Crippen LogP contribution in [0.1, 0.15) is 34.8 Å². The lowest BCUT2D eigenvalue weighted by Gasteiger charge is -2.16. The van der Waals surface area contributed by atoms with E-state index < -0.39 is 12.2 Å². The number of nitrogens with zero attached hydrogens (tertiary/aromatic N) is 3. The van der Waals surface area contributed by atoms with Gasteiger partial charge < -0.3 is 20.2 Å². The van der Waals surface area contributed by atoms with Crippen molar-refractivity contribution in [1.29, 1.82) is 0 Å². The lowest BCUT2D eigenvalue weighted by atomic mass is 10.0. The third-order valence-electron chi connectivity index (χ3n) is 5.96. The number of aromatic nitrogens is 2. The molecule has 5 rings (SSSR count). The van der Waals surface area contributed by atoms with Gasteiger partial charge in [-0.25, -0.2) is 4.79 Å². The quantitative estimate of drug-likeness (QED) is 0.625. The van der Waals surface area contributed by atoms with E-state index in [1.807, 2.05) is 18.2 Å². The van der Waals surface area contributed by atoms with Gasteiger partial charge in [0.15, 0.2) is 0 Å². The van der Waals surface area contributed by atoms with Crippen molar-refractivity contribution in [2.75, 3.05) is 23.7 Å². The van der Waals surface area contributed by atoms with Crippen LogP contribution in [0.3, 0.4) is 0 Å². The molecular weight excluding hydrogens is 426 g/mol. The highest BCUT2D eigenvalue weighted by Crippen LogP contribution is 2.37. The Morgan fingerprint density at radius 2 is 2.12 bits per heavy atom. The largest absolute Gasteiger partial charge is 0.472 e. The van der Waals surface area contributed by atoms with Crippen molar-refractivity contribution < 1.29 is 23.5 Å². The zero-order valence-electron chi connectivity index (χ0n) is 18.0. The molecule has 33 heavy (non-hydrogen) atoms. The van der Waals surface area contributed by atoms with Crippen LogP contribution in [-0.4, -0.2) is 46.9 Å². The number of hydrogen-bond acceptors (Lipinski definition) is 7. The number of nitrogens with two attached hydrogens (primary N) is 1. The molecule has 1 saturated heterocycles. The topological polar surface area (TPSA) is 133 Å². The van der Waals surface area contributed by atoms with Crippen LogP contribution in [0.5, 0.6) is 0 Å². The highest BCUT2D eigenvalue weighted by molar-refractivity contribution is 5.98. The molecule has 1 aromatic carbocycles. The minimum Gasteiger partial charge on any atom is -0.472 e. The number of hydrogen-bond donors (Lipinski definition) is 2. The summed E-state index contributed by atoms with van der Waals surface area (Å²) in [5.74, 6) is -0.190. The molecule has 3 N–H and O–H groups in total. The van der Waals surface area contributed by atoms with E-state index in [0.29, 0.717) is 30.0 Å². The average Bonchev–Trinajstić information content (AvgIpc) is 3.50. The number of benzene rings is 1. The summed E-state index contributed by atoms with van der Waals surface area (Å²) in [6.07, 6.45) is 4.24. The van der Waals surface area contributed by atoms with Crippen LogP contribution < -0.4 is 16.0 Å². The Hall–Kier alpha value is -4.08. The van der Waals surface area contributed by atoms with E-state index in [1.54, 1.807) is 11.0 Å². The first-order valence-corrected chi connectivity index (χ1v) is 10.7. The summed E-state index contributed by atoms with van der Waals surface area (Å²) < 4.78 is 11.6. The third-order valence-corrected chi connectivity index (χ3v) is 5.96. The van der Waals surface area contributed by atoms with Crippen molar-refractivity contribution in [3.8, 4) is 11.3 Å². The Balaban J connectivity index is 1.45. The number of nitrogens with one attached hydrogen (secondary N) is 1.